The molecule has 1 aliphatic heterocycles. The second-order valence-corrected chi connectivity index (χ2v) is 6.16. The first-order valence-corrected chi connectivity index (χ1v) is 8.47. The normalized spacial score (nSPS) is 13.6. The van der Waals surface area contributed by atoms with Crippen LogP contribution in [0.25, 0.3) is 0 Å². The third-order valence-electron chi connectivity index (χ3n) is 4.26. The van der Waals surface area contributed by atoms with Crippen LogP contribution in [0.4, 0.5) is 11.4 Å². The predicted octanol–water partition coefficient (Wildman–Crippen LogP) is 1.76. The van der Waals surface area contributed by atoms with Gasteiger partial charge in [-0.05, 0) is 31.2 Å². The largest absolute Gasteiger partial charge is 0.454 e. The highest BCUT2D eigenvalue weighted by molar-refractivity contribution is 6.22. The number of nitrogens with one attached hydrogen (secondary N) is 1. The molecule has 1 aliphatic rings. The number of nitro groups is 1. The van der Waals surface area contributed by atoms with Crippen molar-refractivity contribution in [3.8, 4) is 0 Å². The number of fused-ring (bicyclic) bond motifs is 1. The molecule has 2 aromatic carbocycles. The summed E-state index contributed by atoms with van der Waals surface area (Å²) in [5, 5.41) is 13.0. The molecule has 0 saturated heterocycles. The first-order chi connectivity index (χ1) is 13.8. The van der Waals surface area contributed by atoms with Gasteiger partial charge < -0.3 is 10.1 Å². The number of nitro benzene ring substituents is 1. The van der Waals surface area contributed by atoms with Gasteiger partial charge in [0.25, 0.3) is 23.4 Å². The van der Waals surface area contributed by atoms with Crippen LogP contribution in [0.1, 0.15) is 27.6 Å². The van der Waals surface area contributed by atoms with Gasteiger partial charge in [-0.25, -0.2) is 4.79 Å². The number of amides is 3. The second-order valence-electron chi connectivity index (χ2n) is 6.16. The summed E-state index contributed by atoms with van der Waals surface area (Å²) in [6, 6.07) is 10.1. The van der Waals surface area contributed by atoms with Gasteiger partial charge in [-0.1, -0.05) is 12.1 Å². The first-order valence-electron chi connectivity index (χ1n) is 8.47. The second kappa shape index (κ2) is 7.89. The molecule has 29 heavy (non-hydrogen) atoms. The first kappa shape index (κ1) is 19.7. The van der Waals surface area contributed by atoms with Crippen molar-refractivity contribution in [3.63, 3.8) is 0 Å². The molecule has 2 aromatic rings. The van der Waals surface area contributed by atoms with Gasteiger partial charge in [0.2, 0.25) is 0 Å². The lowest BCUT2D eigenvalue weighted by atomic mass is 10.1. The summed E-state index contributed by atoms with van der Waals surface area (Å²) in [7, 11) is 0. The van der Waals surface area contributed by atoms with Crippen molar-refractivity contribution >= 4 is 35.1 Å². The molecule has 0 aliphatic carbocycles. The zero-order valence-corrected chi connectivity index (χ0v) is 15.2. The van der Waals surface area contributed by atoms with Crippen LogP contribution < -0.4 is 5.32 Å². The molecule has 0 aromatic heterocycles. The van der Waals surface area contributed by atoms with E-state index < -0.39 is 41.3 Å². The van der Waals surface area contributed by atoms with E-state index >= 15 is 0 Å². The van der Waals surface area contributed by atoms with Crippen LogP contribution in [0, 0.1) is 10.1 Å². The minimum atomic E-state index is -1.21. The van der Waals surface area contributed by atoms with E-state index in [1.807, 2.05) is 0 Å². The highest BCUT2D eigenvalue weighted by Crippen LogP contribution is 2.24. The molecule has 1 N–H and O–H groups in total. The third-order valence-corrected chi connectivity index (χ3v) is 4.26. The van der Waals surface area contributed by atoms with E-state index in [-0.39, 0.29) is 22.5 Å². The summed E-state index contributed by atoms with van der Waals surface area (Å²) in [6.45, 7) is 0.682. The number of benzene rings is 2. The molecule has 0 radical (unpaired) electrons. The number of anilines is 1. The van der Waals surface area contributed by atoms with Crippen molar-refractivity contribution in [2.45, 2.75) is 13.0 Å². The lowest BCUT2D eigenvalue weighted by molar-refractivity contribution is -0.384. The minimum absolute atomic E-state index is 0.135. The monoisotopic (exact) mass is 397 g/mol. The average Bonchev–Trinajstić information content (AvgIpc) is 2.96. The number of non-ortho nitro benzene ring substituents is 1. The van der Waals surface area contributed by atoms with Crippen molar-refractivity contribution in [1.29, 1.82) is 0 Å². The van der Waals surface area contributed by atoms with E-state index in [2.05, 4.69) is 5.32 Å². The van der Waals surface area contributed by atoms with Crippen molar-refractivity contribution in [1.82, 2.24) is 4.90 Å². The van der Waals surface area contributed by atoms with Gasteiger partial charge >= 0.3 is 5.97 Å². The SMILES string of the molecule is CC(C(=O)OCC(=O)Nc1ccc([N+](=O)[O-])cc1)N1C(=O)c2ccccc2C1=O. The minimum Gasteiger partial charge on any atom is -0.454 e. The number of nitrogens with zero attached hydrogens (tertiary/aromatic N) is 2. The molecule has 1 heterocycles. The third kappa shape index (κ3) is 3.95. The highest BCUT2D eigenvalue weighted by Gasteiger charge is 2.41. The number of ether oxygens (including phenoxy) is 1. The van der Waals surface area contributed by atoms with Crippen LogP contribution in [0.3, 0.4) is 0 Å². The van der Waals surface area contributed by atoms with Gasteiger partial charge in [0, 0.05) is 17.8 Å². The molecular weight excluding hydrogens is 382 g/mol. The molecule has 10 nitrogen and oxygen atoms in total. The predicted molar refractivity (Wildman–Crippen MR) is 99.1 cm³/mol. The number of hydrogen-bond acceptors (Lipinski definition) is 7. The summed E-state index contributed by atoms with van der Waals surface area (Å²) in [5.41, 5.74) is 0.551. The van der Waals surface area contributed by atoms with E-state index in [0.29, 0.717) is 0 Å². The van der Waals surface area contributed by atoms with Crippen LogP contribution in [-0.4, -0.2) is 46.2 Å². The summed E-state index contributed by atoms with van der Waals surface area (Å²) in [5.74, 6) is -2.81. The fraction of sp³-hybridized carbons (Fsp3) is 0.158. The van der Waals surface area contributed by atoms with Gasteiger partial charge in [-0.2, -0.15) is 0 Å². The van der Waals surface area contributed by atoms with Crippen LogP contribution in [-0.2, 0) is 14.3 Å². The van der Waals surface area contributed by atoms with Crippen molar-refractivity contribution in [2.75, 3.05) is 11.9 Å². The maximum absolute atomic E-state index is 12.4. The van der Waals surface area contributed by atoms with Gasteiger partial charge in [-0.3, -0.25) is 29.4 Å². The summed E-state index contributed by atoms with van der Waals surface area (Å²) in [4.78, 5) is 59.7. The zero-order valence-electron chi connectivity index (χ0n) is 15.2. The van der Waals surface area contributed by atoms with Crippen molar-refractivity contribution in [3.05, 3.63) is 69.8 Å². The highest BCUT2D eigenvalue weighted by atomic mass is 16.6. The Morgan fingerprint density at radius 1 is 1.07 bits per heavy atom. The van der Waals surface area contributed by atoms with E-state index in [9.17, 15) is 29.3 Å². The standard InChI is InChI=1S/C19H15N3O7/c1-11(21-17(24)14-4-2-3-5-15(14)18(21)25)19(26)29-10-16(23)20-12-6-8-13(9-7-12)22(27)28/h2-9,11H,10H2,1H3,(H,20,23). The Labute approximate surface area is 164 Å². The Hall–Kier alpha value is -4.08. The van der Waals surface area contributed by atoms with Gasteiger partial charge in [0.15, 0.2) is 6.61 Å². The van der Waals surface area contributed by atoms with E-state index in [1.54, 1.807) is 12.1 Å². The Morgan fingerprint density at radius 3 is 2.14 bits per heavy atom. The lowest BCUT2D eigenvalue weighted by Gasteiger charge is -2.20. The number of hydrogen-bond donors (Lipinski definition) is 1. The maximum atomic E-state index is 12.4. The summed E-state index contributed by atoms with van der Waals surface area (Å²) in [6.07, 6.45) is 0. The molecule has 3 rings (SSSR count). The number of rotatable bonds is 6. The number of carbonyl (C=O) groups is 4. The average molecular weight is 397 g/mol. The topological polar surface area (TPSA) is 136 Å². The number of imide groups is 1. The molecule has 1 atom stereocenters. The Morgan fingerprint density at radius 2 is 1.62 bits per heavy atom. The molecule has 3 amide bonds. The Balaban J connectivity index is 1.56. The van der Waals surface area contributed by atoms with E-state index in [4.69, 9.17) is 4.74 Å². The quantitative estimate of drug-likeness (QED) is 0.339. The summed E-state index contributed by atoms with van der Waals surface area (Å²) >= 11 is 0. The zero-order chi connectivity index (χ0) is 21.1. The fourth-order valence-corrected chi connectivity index (χ4v) is 2.79. The summed E-state index contributed by atoms with van der Waals surface area (Å²) < 4.78 is 4.90. The van der Waals surface area contributed by atoms with Gasteiger partial charge in [0.05, 0.1) is 16.1 Å². The van der Waals surface area contributed by atoms with Crippen LogP contribution in [0.2, 0.25) is 0 Å². The molecule has 1 unspecified atom stereocenters. The number of esters is 1. The van der Waals surface area contributed by atoms with Gasteiger partial charge in [0.1, 0.15) is 6.04 Å². The smallest absolute Gasteiger partial charge is 0.329 e. The maximum Gasteiger partial charge on any atom is 0.329 e. The molecule has 0 bridgehead atoms. The number of carbonyl (C=O) groups excluding carboxylic acids is 4. The fourth-order valence-electron chi connectivity index (χ4n) is 2.79. The van der Waals surface area contributed by atoms with Crippen molar-refractivity contribution < 1.29 is 28.8 Å². The van der Waals surface area contributed by atoms with E-state index in [0.717, 1.165) is 4.90 Å². The van der Waals surface area contributed by atoms with Crippen LogP contribution >= 0.6 is 0 Å². The molecule has 148 valence electrons. The molecule has 0 spiro atoms. The lowest BCUT2D eigenvalue weighted by Crippen LogP contribution is -2.44. The van der Waals surface area contributed by atoms with Crippen molar-refractivity contribution in [2.24, 2.45) is 0 Å². The van der Waals surface area contributed by atoms with Gasteiger partial charge in [-0.15, -0.1) is 0 Å². The Kier molecular flexibility index (Phi) is 5.35. The molecule has 10 heteroatoms. The molecule has 0 fully saturated rings. The van der Waals surface area contributed by atoms with Crippen LogP contribution in [0.5, 0.6) is 0 Å². The van der Waals surface area contributed by atoms with Crippen LogP contribution in [0.15, 0.2) is 48.5 Å². The molecule has 0 saturated carbocycles. The Bertz CT molecular complexity index is 982. The molecular formula is C19H15N3O7. The van der Waals surface area contributed by atoms with E-state index in [1.165, 1.54) is 43.3 Å².